The Balaban J connectivity index is 1.82. The number of nitrogens with zero attached hydrogens (tertiary/aromatic N) is 1. The SMILES string of the molecule is COc1cccc(C(=O)NC2=N[C@H](c3ccccc3Cl)CC(=O)N2)c1. The van der Waals surface area contributed by atoms with Gasteiger partial charge in [0.1, 0.15) is 5.75 Å². The van der Waals surface area contributed by atoms with Crippen molar-refractivity contribution in [3.63, 3.8) is 0 Å². The molecule has 1 aliphatic heterocycles. The maximum absolute atomic E-state index is 12.4. The van der Waals surface area contributed by atoms with E-state index < -0.39 is 11.9 Å². The predicted molar refractivity (Wildman–Crippen MR) is 94.8 cm³/mol. The van der Waals surface area contributed by atoms with Crippen molar-refractivity contribution in [2.24, 2.45) is 4.99 Å². The van der Waals surface area contributed by atoms with E-state index >= 15 is 0 Å². The molecular formula is C18H16ClN3O3. The van der Waals surface area contributed by atoms with Gasteiger partial charge >= 0.3 is 0 Å². The van der Waals surface area contributed by atoms with Crippen molar-refractivity contribution in [1.29, 1.82) is 0 Å². The number of rotatable bonds is 3. The van der Waals surface area contributed by atoms with E-state index in [1.54, 1.807) is 30.3 Å². The summed E-state index contributed by atoms with van der Waals surface area (Å²) in [6, 6.07) is 13.5. The molecule has 0 unspecified atom stereocenters. The topological polar surface area (TPSA) is 79.8 Å². The van der Waals surface area contributed by atoms with E-state index in [1.165, 1.54) is 7.11 Å². The molecule has 128 valence electrons. The number of hydrogen-bond donors (Lipinski definition) is 2. The number of ether oxygens (including phenoxy) is 1. The maximum Gasteiger partial charge on any atom is 0.258 e. The maximum atomic E-state index is 12.4. The Kier molecular flexibility index (Phi) is 5.00. The Morgan fingerprint density at radius 1 is 1.28 bits per heavy atom. The van der Waals surface area contributed by atoms with Crippen molar-refractivity contribution < 1.29 is 14.3 Å². The van der Waals surface area contributed by atoms with Gasteiger partial charge in [0.15, 0.2) is 0 Å². The van der Waals surface area contributed by atoms with Crippen molar-refractivity contribution >= 4 is 29.4 Å². The number of nitrogens with one attached hydrogen (secondary N) is 2. The Morgan fingerprint density at radius 3 is 2.84 bits per heavy atom. The lowest BCUT2D eigenvalue weighted by atomic mass is 10.0. The number of hydrogen-bond acceptors (Lipinski definition) is 4. The lowest BCUT2D eigenvalue weighted by Gasteiger charge is -2.22. The minimum Gasteiger partial charge on any atom is -0.497 e. The molecule has 0 aliphatic carbocycles. The first-order valence-electron chi connectivity index (χ1n) is 7.64. The molecule has 1 aliphatic rings. The van der Waals surface area contributed by atoms with Crippen molar-refractivity contribution in [2.75, 3.05) is 7.11 Å². The highest BCUT2D eigenvalue weighted by Gasteiger charge is 2.25. The monoisotopic (exact) mass is 357 g/mol. The van der Waals surface area contributed by atoms with Gasteiger partial charge in [0.05, 0.1) is 19.6 Å². The minimum absolute atomic E-state index is 0.106. The second-order valence-corrected chi connectivity index (χ2v) is 5.86. The Morgan fingerprint density at radius 2 is 2.08 bits per heavy atom. The van der Waals surface area contributed by atoms with E-state index in [0.29, 0.717) is 16.3 Å². The van der Waals surface area contributed by atoms with Gasteiger partial charge in [-0.05, 0) is 29.8 Å². The molecule has 0 bridgehead atoms. The van der Waals surface area contributed by atoms with Crippen LogP contribution in [0.2, 0.25) is 5.02 Å². The summed E-state index contributed by atoms with van der Waals surface area (Å²) in [4.78, 5) is 28.8. The molecule has 2 aromatic carbocycles. The fourth-order valence-electron chi connectivity index (χ4n) is 2.52. The predicted octanol–water partition coefficient (Wildman–Crippen LogP) is 2.70. The molecule has 6 nitrogen and oxygen atoms in total. The summed E-state index contributed by atoms with van der Waals surface area (Å²) in [6.45, 7) is 0. The van der Waals surface area contributed by atoms with Crippen LogP contribution in [0.25, 0.3) is 0 Å². The molecule has 2 N–H and O–H groups in total. The molecule has 0 radical (unpaired) electrons. The number of aliphatic imine (C=N–C) groups is 1. The number of amides is 2. The molecule has 0 aromatic heterocycles. The highest BCUT2D eigenvalue weighted by molar-refractivity contribution is 6.31. The van der Waals surface area contributed by atoms with Crippen molar-refractivity contribution in [3.05, 3.63) is 64.7 Å². The second-order valence-electron chi connectivity index (χ2n) is 5.45. The zero-order chi connectivity index (χ0) is 17.8. The third-order valence-corrected chi connectivity index (χ3v) is 4.09. The molecule has 25 heavy (non-hydrogen) atoms. The first kappa shape index (κ1) is 17.0. The van der Waals surface area contributed by atoms with Gasteiger partial charge in [0, 0.05) is 10.6 Å². The number of carbonyl (C=O) groups excluding carboxylic acids is 2. The molecule has 0 saturated heterocycles. The van der Waals surface area contributed by atoms with Gasteiger partial charge in [-0.15, -0.1) is 0 Å². The molecule has 1 atom stereocenters. The lowest BCUT2D eigenvalue weighted by Crippen LogP contribution is -2.47. The smallest absolute Gasteiger partial charge is 0.258 e. The molecule has 3 rings (SSSR count). The van der Waals surface area contributed by atoms with Crippen LogP contribution >= 0.6 is 11.6 Å². The zero-order valence-corrected chi connectivity index (χ0v) is 14.2. The van der Waals surface area contributed by atoms with Gasteiger partial charge in [-0.3, -0.25) is 20.2 Å². The van der Waals surface area contributed by atoms with Crippen LogP contribution in [-0.4, -0.2) is 24.9 Å². The molecular weight excluding hydrogens is 342 g/mol. The molecule has 7 heteroatoms. The summed E-state index contributed by atoms with van der Waals surface area (Å²) in [5.41, 5.74) is 1.14. The van der Waals surface area contributed by atoms with Gasteiger partial charge in [0.25, 0.3) is 5.91 Å². The summed E-state index contributed by atoms with van der Waals surface area (Å²) in [5.74, 6) is 0.0452. The van der Waals surface area contributed by atoms with Crippen LogP contribution in [0.1, 0.15) is 28.4 Å². The van der Waals surface area contributed by atoms with E-state index in [1.807, 2.05) is 18.2 Å². The fraction of sp³-hybridized carbons (Fsp3) is 0.167. The zero-order valence-electron chi connectivity index (χ0n) is 13.5. The molecule has 0 saturated carbocycles. The largest absolute Gasteiger partial charge is 0.497 e. The van der Waals surface area contributed by atoms with Gasteiger partial charge in [-0.25, -0.2) is 4.99 Å². The van der Waals surface area contributed by atoms with E-state index in [0.717, 1.165) is 5.56 Å². The summed E-state index contributed by atoms with van der Waals surface area (Å²) in [7, 11) is 1.52. The first-order valence-corrected chi connectivity index (χ1v) is 8.02. The molecule has 0 fully saturated rings. The van der Waals surface area contributed by atoms with Crippen molar-refractivity contribution in [1.82, 2.24) is 10.6 Å². The number of carbonyl (C=O) groups is 2. The number of guanidine groups is 1. The minimum atomic E-state index is -0.442. The standard InChI is InChI=1S/C18H16ClN3O3/c1-25-12-6-4-5-11(9-12)17(24)22-18-20-15(10-16(23)21-18)13-7-2-3-8-14(13)19/h2-9,15H,10H2,1H3,(H2,20,21,22,23,24)/t15-/m0/s1. The average Bonchev–Trinajstić information content (AvgIpc) is 2.61. The van der Waals surface area contributed by atoms with E-state index in [9.17, 15) is 9.59 Å². The van der Waals surface area contributed by atoms with Crippen LogP contribution < -0.4 is 15.4 Å². The average molecular weight is 358 g/mol. The normalized spacial score (nSPS) is 16.6. The summed E-state index contributed by atoms with van der Waals surface area (Å²) >= 11 is 6.19. The van der Waals surface area contributed by atoms with E-state index in [2.05, 4.69) is 15.6 Å². The molecule has 2 amide bonds. The van der Waals surface area contributed by atoms with Crippen LogP contribution in [0.5, 0.6) is 5.75 Å². The fourth-order valence-corrected chi connectivity index (χ4v) is 2.79. The second kappa shape index (κ2) is 7.36. The Bertz CT molecular complexity index is 851. The van der Waals surface area contributed by atoms with Crippen LogP contribution in [0.3, 0.4) is 0 Å². The van der Waals surface area contributed by atoms with E-state index in [4.69, 9.17) is 16.3 Å². The van der Waals surface area contributed by atoms with Crippen molar-refractivity contribution in [2.45, 2.75) is 12.5 Å². The van der Waals surface area contributed by atoms with Crippen LogP contribution in [-0.2, 0) is 4.79 Å². The highest BCUT2D eigenvalue weighted by Crippen LogP contribution is 2.29. The lowest BCUT2D eigenvalue weighted by molar-refractivity contribution is -0.120. The van der Waals surface area contributed by atoms with Crippen LogP contribution in [0.15, 0.2) is 53.5 Å². The summed E-state index contributed by atoms with van der Waals surface area (Å²) in [5, 5.41) is 5.72. The Hall–Kier alpha value is -2.86. The summed E-state index contributed by atoms with van der Waals surface area (Å²) in [6.07, 6.45) is 0.169. The summed E-state index contributed by atoms with van der Waals surface area (Å²) < 4.78 is 5.11. The number of methoxy groups -OCH3 is 1. The van der Waals surface area contributed by atoms with Crippen LogP contribution in [0.4, 0.5) is 0 Å². The van der Waals surface area contributed by atoms with Gasteiger partial charge in [-0.1, -0.05) is 35.9 Å². The number of benzene rings is 2. The number of halogens is 1. The molecule has 1 heterocycles. The Labute approximate surface area is 149 Å². The quantitative estimate of drug-likeness (QED) is 0.886. The third-order valence-electron chi connectivity index (χ3n) is 3.75. The van der Waals surface area contributed by atoms with Crippen molar-refractivity contribution in [3.8, 4) is 5.75 Å². The van der Waals surface area contributed by atoms with Gasteiger partial charge in [0.2, 0.25) is 11.9 Å². The molecule has 2 aromatic rings. The first-order chi connectivity index (χ1) is 12.1. The van der Waals surface area contributed by atoms with E-state index in [-0.39, 0.29) is 18.3 Å². The van der Waals surface area contributed by atoms with Crippen LogP contribution in [0, 0.1) is 0 Å². The van der Waals surface area contributed by atoms with Gasteiger partial charge < -0.3 is 4.74 Å². The highest BCUT2D eigenvalue weighted by atomic mass is 35.5. The molecule has 0 spiro atoms. The van der Waals surface area contributed by atoms with Gasteiger partial charge in [-0.2, -0.15) is 0 Å². The third kappa shape index (κ3) is 3.97.